The van der Waals surface area contributed by atoms with Gasteiger partial charge in [-0.1, -0.05) is 6.92 Å². The molecular formula is C19H27N3O6. The normalized spacial score (nSPS) is 16.4. The van der Waals surface area contributed by atoms with E-state index in [4.69, 9.17) is 14.2 Å². The molecule has 0 unspecified atom stereocenters. The fourth-order valence-corrected chi connectivity index (χ4v) is 3.27. The lowest BCUT2D eigenvalue weighted by molar-refractivity contribution is -0.136. The van der Waals surface area contributed by atoms with Crippen LogP contribution in [0.3, 0.4) is 0 Å². The smallest absolute Gasteiger partial charge is 0.340 e. The van der Waals surface area contributed by atoms with Gasteiger partial charge in [0.2, 0.25) is 0 Å². The first kappa shape index (κ1) is 21.5. The number of methoxy groups -OCH3 is 3. The Morgan fingerprint density at radius 1 is 1.11 bits per heavy atom. The summed E-state index contributed by atoms with van der Waals surface area (Å²) >= 11 is 0. The molecule has 2 N–H and O–H groups in total. The van der Waals surface area contributed by atoms with Crippen molar-refractivity contribution in [3.63, 3.8) is 0 Å². The number of nitrogens with zero attached hydrogens (tertiary/aromatic N) is 1. The maximum Gasteiger partial charge on any atom is 0.340 e. The minimum absolute atomic E-state index is 0.0502. The van der Waals surface area contributed by atoms with Gasteiger partial charge >= 0.3 is 17.8 Å². The number of anilines is 1. The molecule has 0 spiro atoms. The highest BCUT2D eigenvalue weighted by molar-refractivity contribution is 6.40. The number of hydrogen-bond donors (Lipinski definition) is 2. The summed E-state index contributed by atoms with van der Waals surface area (Å²) < 4.78 is 15.1. The standard InChI is InChI=1S/C19H27N3O6/c1-5-22-8-6-7-12(22)11-20-17(23)18(24)21-14-10-16(27-3)15(26-2)9-13(14)19(25)28-4/h9-10,12H,5-8,11H2,1-4H3,(H,20,23)(H,21,24)/t12-/m0/s1. The van der Waals surface area contributed by atoms with E-state index >= 15 is 0 Å². The van der Waals surface area contributed by atoms with Crippen LogP contribution in [0.5, 0.6) is 11.5 Å². The molecule has 1 aromatic carbocycles. The predicted molar refractivity (Wildman–Crippen MR) is 103 cm³/mol. The summed E-state index contributed by atoms with van der Waals surface area (Å²) in [5, 5.41) is 5.11. The first-order valence-corrected chi connectivity index (χ1v) is 9.12. The highest BCUT2D eigenvalue weighted by atomic mass is 16.5. The Morgan fingerprint density at radius 3 is 2.39 bits per heavy atom. The topological polar surface area (TPSA) is 106 Å². The molecule has 2 rings (SSSR count). The van der Waals surface area contributed by atoms with Crippen molar-refractivity contribution in [1.82, 2.24) is 10.2 Å². The molecule has 1 atom stereocenters. The van der Waals surface area contributed by atoms with E-state index in [2.05, 4.69) is 22.5 Å². The van der Waals surface area contributed by atoms with Gasteiger partial charge < -0.3 is 24.8 Å². The summed E-state index contributed by atoms with van der Waals surface area (Å²) in [6.45, 7) is 4.37. The number of likely N-dealkylation sites (N-methyl/N-ethyl adjacent to an activating group) is 1. The van der Waals surface area contributed by atoms with E-state index in [9.17, 15) is 14.4 Å². The van der Waals surface area contributed by atoms with E-state index in [-0.39, 0.29) is 17.3 Å². The number of esters is 1. The van der Waals surface area contributed by atoms with Gasteiger partial charge in [-0.15, -0.1) is 0 Å². The van der Waals surface area contributed by atoms with Gasteiger partial charge in [0, 0.05) is 24.7 Å². The largest absolute Gasteiger partial charge is 0.493 e. The van der Waals surface area contributed by atoms with Gasteiger partial charge in [-0.25, -0.2) is 4.79 Å². The number of rotatable bonds is 7. The number of carbonyl (C=O) groups excluding carboxylic acids is 3. The Labute approximate surface area is 164 Å². The molecule has 0 radical (unpaired) electrons. The molecule has 1 heterocycles. The van der Waals surface area contributed by atoms with E-state index in [0.29, 0.717) is 18.0 Å². The minimum atomic E-state index is -0.876. The number of amides is 2. The first-order valence-electron chi connectivity index (χ1n) is 9.12. The molecule has 0 aliphatic carbocycles. The average molecular weight is 393 g/mol. The lowest BCUT2D eigenvalue weighted by Gasteiger charge is -2.22. The molecule has 0 aromatic heterocycles. The van der Waals surface area contributed by atoms with Crippen LogP contribution in [0.4, 0.5) is 5.69 Å². The summed E-state index contributed by atoms with van der Waals surface area (Å²) in [4.78, 5) is 38.9. The zero-order valence-electron chi connectivity index (χ0n) is 16.7. The molecule has 154 valence electrons. The van der Waals surface area contributed by atoms with Crippen molar-refractivity contribution in [2.75, 3.05) is 46.3 Å². The zero-order valence-corrected chi connectivity index (χ0v) is 16.7. The van der Waals surface area contributed by atoms with Crippen molar-refractivity contribution in [2.45, 2.75) is 25.8 Å². The number of hydrogen-bond acceptors (Lipinski definition) is 7. The van der Waals surface area contributed by atoms with Gasteiger partial charge in [0.1, 0.15) is 0 Å². The number of nitrogens with one attached hydrogen (secondary N) is 2. The van der Waals surface area contributed by atoms with E-state index in [1.807, 2.05) is 0 Å². The maximum absolute atomic E-state index is 12.3. The molecule has 1 aliphatic rings. The molecule has 1 saturated heterocycles. The molecule has 2 amide bonds. The lowest BCUT2D eigenvalue weighted by Crippen LogP contribution is -2.43. The fourth-order valence-electron chi connectivity index (χ4n) is 3.27. The van der Waals surface area contributed by atoms with Crippen molar-refractivity contribution >= 4 is 23.5 Å². The van der Waals surface area contributed by atoms with Crippen LogP contribution in [-0.2, 0) is 14.3 Å². The van der Waals surface area contributed by atoms with Crippen molar-refractivity contribution < 1.29 is 28.6 Å². The third kappa shape index (κ3) is 4.92. The van der Waals surface area contributed by atoms with Crippen LogP contribution in [0, 0.1) is 0 Å². The number of ether oxygens (including phenoxy) is 3. The van der Waals surface area contributed by atoms with E-state index in [1.54, 1.807) is 0 Å². The molecule has 9 nitrogen and oxygen atoms in total. The Bertz CT molecular complexity index is 737. The number of benzene rings is 1. The monoisotopic (exact) mass is 393 g/mol. The van der Waals surface area contributed by atoms with Gasteiger partial charge in [0.25, 0.3) is 0 Å². The van der Waals surface area contributed by atoms with Crippen molar-refractivity contribution in [2.24, 2.45) is 0 Å². The van der Waals surface area contributed by atoms with E-state index < -0.39 is 17.8 Å². The van der Waals surface area contributed by atoms with Crippen LogP contribution in [0.2, 0.25) is 0 Å². The second kappa shape index (κ2) is 9.93. The molecule has 9 heteroatoms. The Morgan fingerprint density at radius 2 is 1.79 bits per heavy atom. The van der Waals surface area contributed by atoms with Crippen LogP contribution in [0.15, 0.2) is 12.1 Å². The summed E-state index contributed by atoms with van der Waals surface area (Å²) in [5.41, 5.74) is 0.148. The molecule has 1 aromatic rings. The van der Waals surface area contributed by atoms with Gasteiger partial charge in [-0.05, 0) is 25.9 Å². The first-order chi connectivity index (χ1) is 13.4. The molecule has 1 aliphatic heterocycles. The number of likely N-dealkylation sites (tertiary alicyclic amines) is 1. The molecule has 0 bridgehead atoms. The minimum Gasteiger partial charge on any atom is -0.493 e. The quantitative estimate of drug-likeness (QED) is 0.526. The van der Waals surface area contributed by atoms with Crippen LogP contribution in [-0.4, -0.2) is 69.7 Å². The molecular weight excluding hydrogens is 366 g/mol. The summed E-state index contributed by atoms with van der Waals surface area (Å²) in [5.74, 6) is -1.73. The second-order valence-electron chi connectivity index (χ2n) is 6.33. The van der Waals surface area contributed by atoms with E-state index in [0.717, 1.165) is 25.9 Å². The molecule has 0 saturated carbocycles. The van der Waals surface area contributed by atoms with Crippen molar-refractivity contribution in [3.8, 4) is 11.5 Å². The predicted octanol–water partition coefficient (Wildman–Crippen LogP) is 1.03. The number of carbonyl (C=O) groups is 3. The molecule has 28 heavy (non-hydrogen) atoms. The zero-order chi connectivity index (χ0) is 20.7. The average Bonchev–Trinajstić information content (AvgIpc) is 3.18. The summed E-state index contributed by atoms with van der Waals surface area (Å²) in [6, 6.07) is 3.02. The summed E-state index contributed by atoms with van der Waals surface area (Å²) in [7, 11) is 4.07. The Balaban J connectivity index is 2.11. The SMILES string of the molecule is CCN1CCC[C@H]1CNC(=O)C(=O)Nc1cc(OC)c(OC)cc1C(=O)OC. The van der Waals surface area contributed by atoms with Gasteiger partial charge in [0.05, 0.1) is 32.6 Å². The molecule has 1 fully saturated rings. The Kier molecular flexibility index (Phi) is 7.62. The summed E-state index contributed by atoms with van der Waals surface area (Å²) in [6.07, 6.45) is 2.06. The van der Waals surface area contributed by atoms with Gasteiger partial charge in [-0.3, -0.25) is 14.5 Å². The maximum atomic E-state index is 12.3. The van der Waals surface area contributed by atoms with Crippen molar-refractivity contribution in [3.05, 3.63) is 17.7 Å². The second-order valence-corrected chi connectivity index (χ2v) is 6.33. The van der Waals surface area contributed by atoms with Crippen LogP contribution < -0.4 is 20.1 Å². The third-order valence-corrected chi connectivity index (χ3v) is 4.79. The Hall–Kier alpha value is -2.81. The third-order valence-electron chi connectivity index (χ3n) is 4.79. The van der Waals surface area contributed by atoms with Gasteiger partial charge in [0.15, 0.2) is 11.5 Å². The van der Waals surface area contributed by atoms with Crippen LogP contribution in [0.1, 0.15) is 30.1 Å². The van der Waals surface area contributed by atoms with Crippen LogP contribution in [0.25, 0.3) is 0 Å². The lowest BCUT2D eigenvalue weighted by atomic mass is 10.1. The van der Waals surface area contributed by atoms with E-state index in [1.165, 1.54) is 33.5 Å². The highest BCUT2D eigenvalue weighted by Crippen LogP contribution is 2.33. The highest BCUT2D eigenvalue weighted by Gasteiger charge is 2.25. The van der Waals surface area contributed by atoms with Gasteiger partial charge in [-0.2, -0.15) is 0 Å². The van der Waals surface area contributed by atoms with Crippen LogP contribution >= 0.6 is 0 Å². The fraction of sp³-hybridized carbons (Fsp3) is 0.526. The van der Waals surface area contributed by atoms with Crippen molar-refractivity contribution in [1.29, 1.82) is 0 Å².